The van der Waals surface area contributed by atoms with Crippen LogP contribution in [-0.4, -0.2) is 45.0 Å². The summed E-state index contributed by atoms with van der Waals surface area (Å²) in [6.07, 6.45) is 1.39. The van der Waals surface area contributed by atoms with Crippen LogP contribution in [0.5, 0.6) is 0 Å². The molecule has 0 saturated heterocycles. The molecular weight excluding hydrogens is 274 g/mol. The van der Waals surface area contributed by atoms with Crippen molar-refractivity contribution >= 4 is 17.5 Å². The van der Waals surface area contributed by atoms with E-state index in [0.29, 0.717) is 13.0 Å². The Hall–Kier alpha value is -1.10. The molecule has 0 spiro atoms. The summed E-state index contributed by atoms with van der Waals surface area (Å²) in [6.45, 7) is 1.42. The number of halogens is 1. The largest absolute Gasteiger partial charge is 0.354 e. The Kier molecular flexibility index (Phi) is 7.59. The Balaban J connectivity index is 2.57. The Bertz CT molecular complexity index is 423. The van der Waals surface area contributed by atoms with Crippen LogP contribution in [0.25, 0.3) is 0 Å². The number of nitrogens with one attached hydrogen (secondary N) is 2. The number of amides is 1. The summed E-state index contributed by atoms with van der Waals surface area (Å²) in [7, 11) is 5.86. The van der Waals surface area contributed by atoms with Gasteiger partial charge >= 0.3 is 0 Å². The predicted molar refractivity (Wildman–Crippen MR) is 84.1 cm³/mol. The minimum Gasteiger partial charge on any atom is -0.354 e. The third kappa shape index (κ3) is 5.49. The smallest absolute Gasteiger partial charge is 0.220 e. The van der Waals surface area contributed by atoms with Gasteiger partial charge in [0, 0.05) is 18.0 Å². The minimum absolute atomic E-state index is 0.0805. The zero-order valence-corrected chi connectivity index (χ0v) is 13.2. The van der Waals surface area contributed by atoms with Crippen molar-refractivity contribution in [2.75, 3.05) is 34.2 Å². The Morgan fingerprint density at radius 2 is 2.05 bits per heavy atom. The maximum absolute atomic E-state index is 11.8. The second kappa shape index (κ2) is 8.95. The quantitative estimate of drug-likeness (QED) is 0.722. The van der Waals surface area contributed by atoms with Crippen LogP contribution in [0.3, 0.4) is 0 Å². The van der Waals surface area contributed by atoms with Crippen molar-refractivity contribution in [1.82, 2.24) is 15.5 Å². The second-order valence-corrected chi connectivity index (χ2v) is 5.42. The van der Waals surface area contributed by atoms with Crippen LogP contribution < -0.4 is 10.6 Å². The first-order chi connectivity index (χ1) is 9.56. The lowest BCUT2D eigenvalue weighted by Crippen LogP contribution is -2.34. The molecule has 4 nitrogen and oxygen atoms in total. The fourth-order valence-electron chi connectivity index (χ4n) is 2.04. The van der Waals surface area contributed by atoms with Gasteiger partial charge in [-0.1, -0.05) is 29.8 Å². The van der Waals surface area contributed by atoms with Crippen LogP contribution in [0.15, 0.2) is 24.3 Å². The van der Waals surface area contributed by atoms with Crippen LogP contribution in [0.4, 0.5) is 0 Å². The highest BCUT2D eigenvalue weighted by molar-refractivity contribution is 6.31. The van der Waals surface area contributed by atoms with E-state index < -0.39 is 0 Å². The molecule has 1 unspecified atom stereocenters. The van der Waals surface area contributed by atoms with E-state index in [9.17, 15) is 4.79 Å². The highest BCUT2D eigenvalue weighted by Crippen LogP contribution is 2.25. The molecule has 0 radical (unpaired) electrons. The van der Waals surface area contributed by atoms with Gasteiger partial charge in [-0.05, 0) is 45.7 Å². The highest BCUT2D eigenvalue weighted by Gasteiger charge is 2.17. The fraction of sp³-hybridized carbons (Fsp3) is 0.533. The van der Waals surface area contributed by atoms with Gasteiger partial charge in [0.2, 0.25) is 5.91 Å². The van der Waals surface area contributed by atoms with E-state index in [1.54, 1.807) is 0 Å². The molecule has 0 bridgehead atoms. The number of benzene rings is 1. The Morgan fingerprint density at radius 3 is 2.65 bits per heavy atom. The van der Waals surface area contributed by atoms with Gasteiger partial charge in [-0.3, -0.25) is 4.79 Å². The van der Waals surface area contributed by atoms with E-state index in [1.165, 1.54) is 0 Å². The average Bonchev–Trinajstić information content (AvgIpc) is 2.41. The van der Waals surface area contributed by atoms with E-state index in [2.05, 4.69) is 15.5 Å². The first-order valence-corrected chi connectivity index (χ1v) is 7.26. The average molecular weight is 298 g/mol. The first-order valence-electron chi connectivity index (χ1n) is 6.88. The maximum atomic E-state index is 11.8. The molecule has 20 heavy (non-hydrogen) atoms. The second-order valence-electron chi connectivity index (χ2n) is 5.01. The Morgan fingerprint density at radius 1 is 1.35 bits per heavy atom. The fourth-order valence-corrected chi connectivity index (χ4v) is 2.30. The van der Waals surface area contributed by atoms with Crippen molar-refractivity contribution < 1.29 is 4.79 Å². The molecule has 0 saturated carbocycles. The van der Waals surface area contributed by atoms with Crippen LogP contribution in [-0.2, 0) is 4.79 Å². The molecule has 0 aromatic heterocycles. The molecule has 0 aliphatic carbocycles. The number of hydrogen-bond acceptors (Lipinski definition) is 3. The zero-order valence-electron chi connectivity index (χ0n) is 12.4. The molecule has 1 atom stereocenters. The topological polar surface area (TPSA) is 44.4 Å². The molecule has 1 aromatic rings. The van der Waals surface area contributed by atoms with Crippen LogP contribution in [0.2, 0.25) is 5.02 Å². The lowest BCUT2D eigenvalue weighted by Gasteiger charge is -2.26. The van der Waals surface area contributed by atoms with Gasteiger partial charge in [0.1, 0.15) is 0 Å². The third-order valence-electron chi connectivity index (χ3n) is 3.21. The summed E-state index contributed by atoms with van der Waals surface area (Å²) in [5, 5.41) is 6.75. The van der Waals surface area contributed by atoms with E-state index in [-0.39, 0.29) is 11.9 Å². The van der Waals surface area contributed by atoms with Crippen molar-refractivity contribution in [3.63, 3.8) is 0 Å². The van der Waals surface area contributed by atoms with Crippen LogP contribution >= 0.6 is 11.6 Å². The molecule has 5 heteroatoms. The predicted octanol–water partition coefficient (Wildman–Crippen LogP) is 2.06. The maximum Gasteiger partial charge on any atom is 0.220 e. The van der Waals surface area contributed by atoms with Gasteiger partial charge in [-0.25, -0.2) is 0 Å². The number of carbonyl (C=O) groups is 1. The van der Waals surface area contributed by atoms with Crippen molar-refractivity contribution in [2.45, 2.75) is 18.9 Å². The van der Waals surface area contributed by atoms with E-state index in [1.807, 2.05) is 45.4 Å². The number of rotatable bonds is 8. The molecule has 1 rings (SSSR count). The summed E-state index contributed by atoms with van der Waals surface area (Å²) < 4.78 is 0. The molecule has 1 amide bonds. The summed E-state index contributed by atoms with van der Waals surface area (Å²) in [5.41, 5.74) is 1.04. The van der Waals surface area contributed by atoms with Crippen molar-refractivity contribution in [1.29, 1.82) is 0 Å². The monoisotopic (exact) mass is 297 g/mol. The van der Waals surface area contributed by atoms with Crippen molar-refractivity contribution in [2.24, 2.45) is 0 Å². The minimum atomic E-state index is 0.0805. The summed E-state index contributed by atoms with van der Waals surface area (Å²) in [4.78, 5) is 13.8. The van der Waals surface area contributed by atoms with Crippen molar-refractivity contribution in [3.8, 4) is 0 Å². The van der Waals surface area contributed by atoms with Gasteiger partial charge in [0.05, 0.1) is 6.04 Å². The molecule has 0 fully saturated rings. The standard InChI is InChI=1S/C15H24ClN3O/c1-17-10-6-9-15(20)18-11-14(19(2)3)12-7-4-5-8-13(12)16/h4-5,7-8,14,17H,6,9-11H2,1-3H3,(H,18,20). The molecule has 0 aliphatic rings. The summed E-state index contributed by atoms with van der Waals surface area (Å²) >= 11 is 6.23. The van der Waals surface area contributed by atoms with Gasteiger partial charge in [0.25, 0.3) is 0 Å². The lowest BCUT2D eigenvalue weighted by atomic mass is 10.1. The molecule has 112 valence electrons. The normalized spacial score (nSPS) is 12.4. The van der Waals surface area contributed by atoms with Gasteiger partial charge in [-0.15, -0.1) is 0 Å². The van der Waals surface area contributed by atoms with Crippen LogP contribution in [0.1, 0.15) is 24.4 Å². The number of hydrogen-bond donors (Lipinski definition) is 2. The highest BCUT2D eigenvalue weighted by atomic mass is 35.5. The van der Waals surface area contributed by atoms with Crippen molar-refractivity contribution in [3.05, 3.63) is 34.9 Å². The molecule has 0 aliphatic heterocycles. The Labute approximate surface area is 126 Å². The number of carbonyl (C=O) groups excluding carboxylic acids is 1. The van der Waals surface area contributed by atoms with Gasteiger partial charge in [0.15, 0.2) is 0 Å². The number of nitrogens with zero attached hydrogens (tertiary/aromatic N) is 1. The zero-order chi connectivity index (χ0) is 15.0. The molecule has 2 N–H and O–H groups in total. The molecular formula is C15H24ClN3O. The summed E-state index contributed by atoms with van der Waals surface area (Å²) in [6, 6.07) is 7.83. The third-order valence-corrected chi connectivity index (χ3v) is 3.55. The molecule has 1 aromatic carbocycles. The lowest BCUT2D eigenvalue weighted by molar-refractivity contribution is -0.121. The van der Waals surface area contributed by atoms with E-state index in [4.69, 9.17) is 11.6 Å². The molecule has 0 heterocycles. The van der Waals surface area contributed by atoms with E-state index >= 15 is 0 Å². The van der Waals surface area contributed by atoms with Gasteiger partial charge in [-0.2, -0.15) is 0 Å². The number of likely N-dealkylation sites (N-methyl/N-ethyl adjacent to an activating group) is 1. The SMILES string of the molecule is CNCCCC(=O)NCC(c1ccccc1Cl)N(C)C. The van der Waals surface area contributed by atoms with Crippen LogP contribution in [0, 0.1) is 0 Å². The first kappa shape index (κ1) is 17.0. The summed E-state index contributed by atoms with van der Waals surface area (Å²) in [5.74, 6) is 0.0825. The van der Waals surface area contributed by atoms with Gasteiger partial charge < -0.3 is 15.5 Å². The van der Waals surface area contributed by atoms with E-state index in [0.717, 1.165) is 23.6 Å².